The van der Waals surface area contributed by atoms with E-state index in [0.29, 0.717) is 10.0 Å². The first-order chi connectivity index (χ1) is 10.1. The number of halogens is 2. The van der Waals surface area contributed by atoms with Crippen LogP contribution in [0.15, 0.2) is 42.5 Å². The summed E-state index contributed by atoms with van der Waals surface area (Å²) in [6.07, 6.45) is 1.98. The molecule has 2 rings (SSSR count). The summed E-state index contributed by atoms with van der Waals surface area (Å²) >= 11 is 12.3. The van der Waals surface area contributed by atoms with Gasteiger partial charge in [-0.25, -0.2) is 0 Å². The highest BCUT2D eigenvalue weighted by Crippen LogP contribution is 2.30. The van der Waals surface area contributed by atoms with Gasteiger partial charge in [0.05, 0.1) is 22.8 Å². The zero-order valence-corrected chi connectivity index (χ0v) is 13.7. The molecule has 1 N–H and O–H groups in total. The van der Waals surface area contributed by atoms with Gasteiger partial charge in [0.15, 0.2) is 0 Å². The Morgan fingerprint density at radius 1 is 1.05 bits per heavy atom. The first-order valence-corrected chi connectivity index (χ1v) is 7.69. The predicted octanol–water partition coefficient (Wildman–Crippen LogP) is 5.44. The molecule has 0 aromatic heterocycles. The van der Waals surface area contributed by atoms with E-state index in [-0.39, 0.29) is 6.04 Å². The lowest BCUT2D eigenvalue weighted by Crippen LogP contribution is -2.16. The van der Waals surface area contributed by atoms with Crippen molar-refractivity contribution >= 4 is 28.9 Å². The van der Waals surface area contributed by atoms with E-state index in [4.69, 9.17) is 27.9 Å². The zero-order chi connectivity index (χ0) is 15.2. The van der Waals surface area contributed by atoms with E-state index in [1.807, 2.05) is 30.3 Å². The number of methoxy groups -OCH3 is 1. The second-order valence-corrected chi connectivity index (χ2v) is 5.84. The maximum atomic E-state index is 6.16. The monoisotopic (exact) mass is 323 g/mol. The van der Waals surface area contributed by atoms with Crippen LogP contribution >= 0.6 is 23.2 Å². The SMILES string of the molecule is COc1ccc(CCC(C)Nc2c(Cl)cccc2Cl)cc1. The second-order valence-electron chi connectivity index (χ2n) is 5.03. The zero-order valence-electron chi connectivity index (χ0n) is 12.2. The molecule has 0 fully saturated rings. The molecular formula is C17H19Cl2NO. The predicted molar refractivity (Wildman–Crippen MR) is 90.9 cm³/mol. The molecule has 0 saturated heterocycles. The van der Waals surface area contributed by atoms with E-state index in [2.05, 4.69) is 24.4 Å². The number of hydrogen-bond acceptors (Lipinski definition) is 2. The number of benzene rings is 2. The van der Waals surface area contributed by atoms with Gasteiger partial charge < -0.3 is 10.1 Å². The Bertz CT molecular complexity index is 564. The molecule has 0 radical (unpaired) electrons. The fraction of sp³-hybridized carbons (Fsp3) is 0.294. The van der Waals surface area contributed by atoms with Crippen molar-refractivity contribution in [3.8, 4) is 5.75 Å². The number of ether oxygens (including phenoxy) is 1. The molecule has 0 saturated carbocycles. The maximum Gasteiger partial charge on any atom is 0.118 e. The summed E-state index contributed by atoms with van der Waals surface area (Å²) in [5.41, 5.74) is 2.10. The maximum absolute atomic E-state index is 6.16. The Morgan fingerprint density at radius 3 is 2.24 bits per heavy atom. The van der Waals surface area contributed by atoms with Crippen molar-refractivity contribution in [3.05, 3.63) is 58.1 Å². The molecule has 0 amide bonds. The van der Waals surface area contributed by atoms with Crippen molar-refractivity contribution in [3.63, 3.8) is 0 Å². The lowest BCUT2D eigenvalue weighted by atomic mass is 10.1. The molecule has 1 atom stereocenters. The molecule has 21 heavy (non-hydrogen) atoms. The van der Waals surface area contributed by atoms with Crippen LogP contribution in [-0.2, 0) is 6.42 Å². The summed E-state index contributed by atoms with van der Waals surface area (Å²) < 4.78 is 5.16. The molecule has 2 aromatic carbocycles. The van der Waals surface area contributed by atoms with E-state index in [0.717, 1.165) is 24.3 Å². The van der Waals surface area contributed by atoms with Crippen LogP contribution in [0.4, 0.5) is 5.69 Å². The summed E-state index contributed by atoms with van der Waals surface area (Å²) in [5.74, 6) is 0.882. The fourth-order valence-electron chi connectivity index (χ4n) is 2.13. The Hall–Kier alpha value is -1.38. The van der Waals surface area contributed by atoms with Crippen LogP contribution in [0.5, 0.6) is 5.75 Å². The molecule has 4 heteroatoms. The Balaban J connectivity index is 1.91. The number of para-hydroxylation sites is 1. The highest BCUT2D eigenvalue weighted by Gasteiger charge is 2.09. The minimum atomic E-state index is 0.282. The highest BCUT2D eigenvalue weighted by atomic mass is 35.5. The van der Waals surface area contributed by atoms with E-state index in [1.165, 1.54) is 5.56 Å². The first kappa shape index (κ1) is 16.0. The van der Waals surface area contributed by atoms with Crippen LogP contribution in [0.2, 0.25) is 10.0 Å². The quantitative estimate of drug-likeness (QED) is 0.764. The van der Waals surface area contributed by atoms with Gasteiger partial charge in [-0.15, -0.1) is 0 Å². The van der Waals surface area contributed by atoms with E-state index in [9.17, 15) is 0 Å². The van der Waals surface area contributed by atoms with Gasteiger partial charge in [-0.2, -0.15) is 0 Å². The molecular weight excluding hydrogens is 305 g/mol. The molecule has 0 bridgehead atoms. The Morgan fingerprint density at radius 2 is 1.67 bits per heavy atom. The number of rotatable bonds is 6. The Kier molecular flexibility index (Phi) is 5.77. The average Bonchev–Trinajstić information content (AvgIpc) is 2.49. The summed E-state index contributed by atoms with van der Waals surface area (Å²) in [4.78, 5) is 0. The number of anilines is 1. The van der Waals surface area contributed by atoms with E-state index >= 15 is 0 Å². The first-order valence-electron chi connectivity index (χ1n) is 6.93. The highest BCUT2D eigenvalue weighted by molar-refractivity contribution is 6.39. The number of aryl methyl sites for hydroxylation is 1. The van der Waals surface area contributed by atoms with E-state index < -0.39 is 0 Å². The third kappa shape index (κ3) is 4.55. The summed E-state index contributed by atoms with van der Waals surface area (Å²) in [5, 5.41) is 4.69. The summed E-state index contributed by atoms with van der Waals surface area (Å²) in [7, 11) is 1.67. The van der Waals surface area contributed by atoms with Gasteiger partial charge in [0.25, 0.3) is 0 Å². The minimum absolute atomic E-state index is 0.282. The van der Waals surface area contributed by atoms with Crippen LogP contribution in [0.1, 0.15) is 18.9 Å². The largest absolute Gasteiger partial charge is 0.497 e. The lowest BCUT2D eigenvalue weighted by Gasteiger charge is -2.17. The molecule has 2 nitrogen and oxygen atoms in total. The van der Waals surface area contributed by atoms with Gasteiger partial charge in [0.2, 0.25) is 0 Å². The normalized spacial score (nSPS) is 12.0. The second kappa shape index (κ2) is 7.58. The van der Waals surface area contributed by atoms with Gasteiger partial charge in [0, 0.05) is 6.04 Å². The van der Waals surface area contributed by atoms with Gasteiger partial charge in [-0.1, -0.05) is 41.4 Å². The fourth-order valence-corrected chi connectivity index (χ4v) is 2.64. The number of nitrogens with one attached hydrogen (secondary N) is 1. The standard InChI is InChI=1S/C17H19Cl2NO/c1-12(20-17-15(18)4-3-5-16(17)19)6-7-13-8-10-14(21-2)11-9-13/h3-5,8-12,20H,6-7H2,1-2H3. The van der Waals surface area contributed by atoms with Crippen LogP contribution in [0.3, 0.4) is 0 Å². The van der Waals surface area contributed by atoms with Crippen molar-refractivity contribution in [1.29, 1.82) is 0 Å². The molecule has 0 aliphatic carbocycles. The molecule has 0 aliphatic heterocycles. The Labute approximate surface area is 136 Å². The van der Waals surface area contributed by atoms with Crippen molar-refractivity contribution < 1.29 is 4.74 Å². The van der Waals surface area contributed by atoms with Gasteiger partial charge in [-0.3, -0.25) is 0 Å². The van der Waals surface area contributed by atoms with E-state index in [1.54, 1.807) is 7.11 Å². The van der Waals surface area contributed by atoms with Gasteiger partial charge in [-0.05, 0) is 49.6 Å². The molecule has 2 aromatic rings. The van der Waals surface area contributed by atoms with Crippen LogP contribution < -0.4 is 10.1 Å². The van der Waals surface area contributed by atoms with Crippen LogP contribution in [0.25, 0.3) is 0 Å². The third-order valence-corrected chi connectivity index (χ3v) is 4.01. The van der Waals surface area contributed by atoms with Crippen molar-refractivity contribution in [2.45, 2.75) is 25.8 Å². The molecule has 0 aliphatic rings. The lowest BCUT2D eigenvalue weighted by molar-refractivity contribution is 0.414. The number of hydrogen-bond donors (Lipinski definition) is 1. The topological polar surface area (TPSA) is 21.3 Å². The minimum Gasteiger partial charge on any atom is -0.497 e. The molecule has 0 spiro atoms. The van der Waals surface area contributed by atoms with Crippen molar-refractivity contribution in [1.82, 2.24) is 0 Å². The van der Waals surface area contributed by atoms with Gasteiger partial charge in [0.1, 0.15) is 5.75 Å². The van der Waals surface area contributed by atoms with Crippen LogP contribution in [0, 0.1) is 0 Å². The van der Waals surface area contributed by atoms with Crippen LogP contribution in [-0.4, -0.2) is 13.2 Å². The third-order valence-electron chi connectivity index (χ3n) is 3.38. The molecule has 1 unspecified atom stereocenters. The average molecular weight is 324 g/mol. The van der Waals surface area contributed by atoms with Gasteiger partial charge >= 0.3 is 0 Å². The molecule has 0 heterocycles. The summed E-state index contributed by atoms with van der Waals surface area (Å²) in [6.45, 7) is 2.13. The van der Waals surface area contributed by atoms with Crippen molar-refractivity contribution in [2.24, 2.45) is 0 Å². The van der Waals surface area contributed by atoms with Crippen molar-refractivity contribution in [2.75, 3.05) is 12.4 Å². The summed E-state index contributed by atoms with van der Waals surface area (Å²) in [6, 6.07) is 14.0. The molecule has 112 valence electrons. The smallest absolute Gasteiger partial charge is 0.118 e.